The Morgan fingerprint density at radius 3 is 2.15 bits per heavy atom. The van der Waals surface area contributed by atoms with Gasteiger partial charge in [0.15, 0.2) is 0 Å². The van der Waals surface area contributed by atoms with Gasteiger partial charge in [0, 0.05) is 11.8 Å². The van der Waals surface area contributed by atoms with Crippen LogP contribution in [0.2, 0.25) is 0 Å². The predicted molar refractivity (Wildman–Crippen MR) is 79.9 cm³/mol. The Bertz CT molecular complexity index is 679. The molecule has 0 aromatic heterocycles. The molecule has 2 bridgehead atoms. The van der Waals surface area contributed by atoms with E-state index in [2.05, 4.69) is 43.0 Å². The van der Waals surface area contributed by atoms with Crippen LogP contribution in [0.5, 0.6) is 0 Å². The first-order chi connectivity index (χ1) is 9.78. The van der Waals surface area contributed by atoms with Crippen LogP contribution in [-0.4, -0.2) is 5.78 Å². The molecule has 20 heavy (non-hydrogen) atoms. The number of rotatable bonds is 2. The van der Waals surface area contributed by atoms with Crippen LogP contribution >= 0.6 is 0 Å². The summed E-state index contributed by atoms with van der Waals surface area (Å²) >= 11 is 0. The Kier molecular flexibility index (Phi) is 2.29. The SMILES string of the molecule is C=CCC12CC(=O)C(c3ccccc31)c1ccccc12. The Labute approximate surface area is 119 Å². The number of carbonyl (C=O) groups excluding carboxylic acids is 1. The van der Waals surface area contributed by atoms with Gasteiger partial charge in [0.1, 0.15) is 5.78 Å². The van der Waals surface area contributed by atoms with E-state index in [1.165, 1.54) is 22.3 Å². The third-order valence-electron chi connectivity index (χ3n) is 4.87. The highest BCUT2D eigenvalue weighted by Crippen LogP contribution is 2.56. The number of Topliss-reactive ketones (excluding diaryl/α,β-unsaturated/α-hetero) is 1. The summed E-state index contributed by atoms with van der Waals surface area (Å²) in [5.74, 6) is 0.290. The van der Waals surface area contributed by atoms with E-state index in [0.717, 1.165) is 6.42 Å². The summed E-state index contributed by atoms with van der Waals surface area (Å²) in [6, 6.07) is 16.8. The number of allylic oxidation sites excluding steroid dienone is 1. The van der Waals surface area contributed by atoms with E-state index >= 15 is 0 Å². The highest BCUT2D eigenvalue weighted by atomic mass is 16.1. The molecule has 98 valence electrons. The Hall–Kier alpha value is -2.15. The van der Waals surface area contributed by atoms with Crippen LogP contribution in [0.3, 0.4) is 0 Å². The van der Waals surface area contributed by atoms with Crippen LogP contribution in [0.15, 0.2) is 61.2 Å². The Balaban J connectivity index is 2.12. The molecule has 5 rings (SSSR count). The average molecular weight is 260 g/mol. The molecular formula is C19H16O. The van der Waals surface area contributed by atoms with E-state index in [9.17, 15) is 4.79 Å². The van der Waals surface area contributed by atoms with Crippen molar-refractivity contribution in [1.29, 1.82) is 0 Å². The van der Waals surface area contributed by atoms with Crippen LogP contribution in [0, 0.1) is 0 Å². The molecule has 0 spiro atoms. The van der Waals surface area contributed by atoms with E-state index in [0.29, 0.717) is 12.2 Å². The Morgan fingerprint density at radius 1 is 1.05 bits per heavy atom. The van der Waals surface area contributed by atoms with Crippen molar-refractivity contribution < 1.29 is 4.79 Å². The smallest absolute Gasteiger partial charge is 0.145 e. The molecule has 0 atom stereocenters. The van der Waals surface area contributed by atoms with Gasteiger partial charge >= 0.3 is 0 Å². The zero-order valence-electron chi connectivity index (χ0n) is 11.3. The van der Waals surface area contributed by atoms with Crippen molar-refractivity contribution >= 4 is 5.78 Å². The summed E-state index contributed by atoms with van der Waals surface area (Å²) in [7, 11) is 0. The number of carbonyl (C=O) groups is 1. The average Bonchev–Trinajstić information content (AvgIpc) is 2.48. The molecule has 0 N–H and O–H groups in total. The van der Waals surface area contributed by atoms with Gasteiger partial charge in [0.2, 0.25) is 0 Å². The molecule has 0 radical (unpaired) electrons. The van der Waals surface area contributed by atoms with Gasteiger partial charge in [-0.05, 0) is 28.7 Å². The highest BCUT2D eigenvalue weighted by molar-refractivity contribution is 5.96. The van der Waals surface area contributed by atoms with Crippen molar-refractivity contribution in [3.05, 3.63) is 83.4 Å². The lowest BCUT2D eigenvalue weighted by molar-refractivity contribution is -0.121. The molecule has 1 heteroatoms. The highest BCUT2D eigenvalue weighted by Gasteiger charge is 2.51. The maximum Gasteiger partial charge on any atom is 0.145 e. The third kappa shape index (κ3) is 1.25. The van der Waals surface area contributed by atoms with Gasteiger partial charge in [0.25, 0.3) is 0 Å². The van der Waals surface area contributed by atoms with Crippen molar-refractivity contribution in [3.8, 4) is 0 Å². The summed E-state index contributed by atoms with van der Waals surface area (Å²) in [6.07, 6.45) is 3.38. The van der Waals surface area contributed by atoms with E-state index in [1.54, 1.807) is 0 Å². The second kappa shape index (κ2) is 3.92. The number of hydrogen-bond donors (Lipinski definition) is 0. The van der Waals surface area contributed by atoms with Gasteiger partial charge < -0.3 is 0 Å². The van der Waals surface area contributed by atoms with E-state index in [4.69, 9.17) is 0 Å². The fraction of sp³-hybridized carbons (Fsp3) is 0.211. The molecule has 0 saturated heterocycles. The standard InChI is InChI=1S/C19H16O/c1-2-11-19-12-17(20)18(13-7-3-5-9-15(13)19)14-8-4-6-10-16(14)19/h2-10,18H,1,11-12H2. The quantitative estimate of drug-likeness (QED) is 0.747. The first-order valence-electron chi connectivity index (χ1n) is 7.10. The molecule has 0 aliphatic heterocycles. The van der Waals surface area contributed by atoms with Crippen LogP contribution in [-0.2, 0) is 10.2 Å². The largest absolute Gasteiger partial charge is 0.299 e. The lowest BCUT2D eigenvalue weighted by atomic mass is 9.54. The number of hydrogen-bond acceptors (Lipinski definition) is 1. The van der Waals surface area contributed by atoms with Crippen LogP contribution in [0.4, 0.5) is 0 Å². The van der Waals surface area contributed by atoms with Crippen molar-refractivity contribution in [2.24, 2.45) is 0 Å². The molecule has 0 fully saturated rings. The minimum atomic E-state index is -0.194. The van der Waals surface area contributed by atoms with Crippen molar-refractivity contribution in [1.82, 2.24) is 0 Å². The number of fused-ring (bicyclic) bond motifs is 1. The van der Waals surface area contributed by atoms with E-state index in [1.807, 2.05) is 18.2 Å². The summed E-state index contributed by atoms with van der Waals surface area (Å²) in [4.78, 5) is 12.6. The normalized spacial score (nSPS) is 26.0. The number of ketones is 1. The summed E-state index contributed by atoms with van der Waals surface area (Å²) in [5.41, 5.74) is 4.85. The molecule has 2 aromatic rings. The minimum Gasteiger partial charge on any atom is -0.299 e. The molecule has 3 aliphatic carbocycles. The van der Waals surface area contributed by atoms with Crippen molar-refractivity contribution in [3.63, 3.8) is 0 Å². The monoisotopic (exact) mass is 260 g/mol. The van der Waals surface area contributed by atoms with Gasteiger partial charge in [-0.2, -0.15) is 0 Å². The van der Waals surface area contributed by atoms with Crippen molar-refractivity contribution in [2.75, 3.05) is 0 Å². The van der Waals surface area contributed by atoms with Crippen LogP contribution in [0.25, 0.3) is 0 Å². The lowest BCUT2D eigenvalue weighted by Crippen LogP contribution is -2.44. The lowest BCUT2D eigenvalue weighted by Gasteiger charge is -2.48. The minimum absolute atomic E-state index is 0.0610. The maximum atomic E-state index is 12.6. The second-order valence-corrected chi connectivity index (χ2v) is 5.83. The van der Waals surface area contributed by atoms with Crippen molar-refractivity contribution in [2.45, 2.75) is 24.2 Å². The van der Waals surface area contributed by atoms with Gasteiger partial charge in [0.05, 0.1) is 5.92 Å². The summed E-state index contributed by atoms with van der Waals surface area (Å²) in [6.45, 7) is 3.92. The zero-order chi connectivity index (χ0) is 13.7. The van der Waals surface area contributed by atoms with Gasteiger partial charge in [-0.1, -0.05) is 54.6 Å². The molecule has 0 heterocycles. The first-order valence-corrected chi connectivity index (χ1v) is 7.10. The van der Waals surface area contributed by atoms with Gasteiger partial charge in [-0.25, -0.2) is 0 Å². The first kappa shape index (κ1) is 11.7. The maximum absolute atomic E-state index is 12.6. The van der Waals surface area contributed by atoms with Crippen LogP contribution < -0.4 is 0 Å². The van der Waals surface area contributed by atoms with Gasteiger partial charge in [-0.15, -0.1) is 6.58 Å². The predicted octanol–water partition coefficient (Wildman–Crippen LogP) is 3.97. The number of benzene rings is 2. The second-order valence-electron chi connectivity index (χ2n) is 5.83. The molecule has 3 aliphatic rings. The third-order valence-corrected chi connectivity index (χ3v) is 4.87. The molecule has 0 saturated carbocycles. The summed E-state index contributed by atoms with van der Waals surface area (Å²) < 4.78 is 0. The molecule has 0 amide bonds. The fourth-order valence-corrected chi connectivity index (χ4v) is 4.16. The van der Waals surface area contributed by atoms with Gasteiger partial charge in [-0.3, -0.25) is 4.79 Å². The van der Waals surface area contributed by atoms with E-state index in [-0.39, 0.29) is 11.3 Å². The summed E-state index contributed by atoms with van der Waals surface area (Å²) in [5, 5.41) is 0. The molecule has 1 nitrogen and oxygen atoms in total. The topological polar surface area (TPSA) is 17.1 Å². The fourth-order valence-electron chi connectivity index (χ4n) is 4.16. The molecule has 0 unspecified atom stereocenters. The Morgan fingerprint density at radius 2 is 1.60 bits per heavy atom. The zero-order valence-corrected chi connectivity index (χ0v) is 11.3. The van der Waals surface area contributed by atoms with Crippen LogP contribution in [0.1, 0.15) is 41.0 Å². The van der Waals surface area contributed by atoms with E-state index < -0.39 is 0 Å². The molecular weight excluding hydrogens is 244 g/mol. The molecule has 2 aromatic carbocycles.